The van der Waals surface area contributed by atoms with Crippen LogP contribution in [0.3, 0.4) is 0 Å². The van der Waals surface area contributed by atoms with Gasteiger partial charge in [0.1, 0.15) is 5.76 Å². The molecule has 0 bridgehead atoms. The van der Waals surface area contributed by atoms with Crippen LogP contribution in [0.15, 0.2) is 9.52 Å². The van der Waals surface area contributed by atoms with Crippen LogP contribution in [0.1, 0.15) is 40.3 Å². The Morgan fingerprint density at radius 1 is 1.26 bits per heavy atom. The number of aryl methyl sites for hydroxylation is 1. The Balaban J connectivity index is 1.91. The first-order chi connectivity index (χ1) is 11.1. The van der Waals surface area contributed by atoms with E-state index in [4.69, 9.17) is 14.9 Å². The van der Waals surface area contributed by atoms with Crippen LogP contribution in [0.2, 0.25) is 0 Å². The maximum atomic E-state index is 12.7. The van der Waals surface area contributed by atoms with Crippen LogP contribution < -0.4 is 11.2 Å². The predicted molar refractivity (Wildman–Crippen MR) is 82.4 cm³/mol. The lowest BCUT2D eigenvalue weighted by Gasteiger charge is -2.26. The van der Waals surface area contributed by atoms with Crippen LogP contribution in [0.4, 0.5) is 4.79 Å². The van der Waals surface area contributed by atoms with Gasteiger partial charge in [0.05, 0.1) is 18.9 Å². The molecule has 2 aliphatic rings. The molecule has 1 fully saturated rings. The van der Waals surface area contributed by atoms with Gasteiger partial charge in [-0.2, -0.15) is 5.10 Å². The summed E-state index contributed by atoms with van der Waals surface area (Å²) in [5, 5.41) is 4.06. The topological polar surface area (TPSA) is 110 Å². The minimum absolute atomic E-state index is 0.123. The minimum atomic E-state index is -0.713. The number of hydrazone groups is 1. The quantitative estimate of drug-likeness (QED) is 0.784. The molecule has 1 aliphatic carbocycles. The Kier molecular flexibility index (Phi) is 4.33. The second-order valence-electron chi connectivity index (χ2n) is 5.65. The number of urea groups is 1. The van der Waals surface area contributed by atoms with Crippen LogP contribution in [0.25, 0.3) is 0 Å². The number of nitrogens with zero attached hydrogens (tertiary/aromatic N) is 2. The molecule has 3 N–H and O–H groups in total. The van der Waals surface area contributed by atoms with Crippen molar-refractivity contribution >= 4 is 17.6 Å². The van der Waals surface area contributed by atoms with Gasteiger partial charge in [-0.1, -0.05) is 0 Å². The third kappa shape index (κ3) is 3.07. The average molecular weight is 320 g/mol. The van der Waals surface area contributed by atoms with E-state index in [2.05, 4.69) is 10.5 Å². The Bertz CT molecular complexity index is 659. The molecule has 0 atom stereocenters. The third-order valence-corrected chi connectivity index (χ3v) is 4.12. The van der Waals surface area contributed by atoms with Gasteiger partial charge in [0.15, 0.2) is 5.76 Å². The molecule has 8 heteroatoms. The zero-order chi connectivity index (χ0) is 16.4. The highest BCUT2D eigenvalue weighted by atomic mass is 16.5. The van der Waals surface area contributed by atoms with E-state index in [1.165, 1.54) is 0 Å². The largest absolute Gasteiger partial charge is 0.455 e. The molecule has 3 amide bonds. The van der Waals surface area contributed by atoms with Gasteiger partial charge in [0.25, 0.3) is 5.91 Å². The zero-order valence-corrected chi connectivity index (χ0v) is 13.1. The number of hydrogen-bond acceptors (Lipinski definition) is 5. The Labute approximate surface area is 133 Å². The molecule has 0 radical (unpaired) electrons. The van der Waals surface area contributed by atoms with E-state index in [1.807, 2.05) is 6.92 Å². The van der Waals surface area contributed by atoms with Crippen LogP contribution in [-0.4, -0.2) is 48.9 Å². The van der Waals surface area contributed by atoms with Gasteiger partial charge in [-0.25, -0.2) is 10.2 Å². The van der Waals surface area contributed by atoms with E-state index in [0.717, 1.165) is 29.7 Å². The number of furan rings is 1. The fourth-order valence-electron chi connectivity index (χ4n) is 3.02. The molecule has 0 aromatic carbocycles. The van der Waals surface area contributed by atoms with Crippen molar-refractivity contribution in [2.24, 2.45) is 10.8 Å². The fraction of sp³-hybridized carbons (Fsp3) is 0.533. The van der Waals surface area contributed by atoms with Gasteiger partial charge in [-0.05, 0) is 19.8 Å². The molecular weight excluding hydrogens is 300 g/mol. The lowest BCUT2D eigenvalue weighted by atomic mass is 9.93. The SMILES string of the molecule is Cc1c(C(=O)N2CCOCC2)oc2c1/C(=N/NC(N)=O)CCC2. The molecule has 1 aromatic rings. The predicted octanol–water partition coefficient (Wildman–Crippen LogP) is 0.769. The number of hydrogen-bond donors (Lipinski definition) is 2. The highest BCUT2D eigenvalue weighted by Crippen LogP contribution is 2.30. The molecule has 1 aromatic heterocycles. The molecule has 0 spiro atoms. The number of morpholine rings is 1. The molecular formula is C15H20N4O4. The van der Waals surface area contributed by atoms with Crippen molar-refractivity contribution in [3.63, 3.8) is 0 Å². The van der Waals surface area contributed by atoms with Crippen molar-refractivity contribution in [3.8, 4) is 0 Å². The smallest absolute Gasteiger partial charge is 0.332 e. The molecule has 0 unspecified atom stereocenters. The van der Waals surface area contributed by atoms with E-state index in [1.54, 1.807) is 4.90 Å². The molecule has 1 saturated heterocycles. The first kappa shape index (κ1) is 15.5. The molecule has 23 heavy (non-hydrogen) atoms. The first-order valence-corrected chi connectivity index (χ1v) is 7.69. The van der Waals surface area contributed by atoms with Crippen molar-refractivity contribution in [2.75, 3.05) is 26.3 Å². The highest BCUT2D eigenvalue weighted by Gasteiger charge is 2.30. The second kappa shape index (κ2) is 6.41. The summed E-state index contributed by atoms with van der Waals surface area (Å²) < 4.78 is 11.1. The summed E-state index contributed by atoms with van der Waals surface area (Å²) >= 11 is 0. The summed E-state index contributed by atoms with van der Waals surface area (Å²) in [5.41, 5.74) is 9.61. The molecule has 124 valence electrons. The molecule has 3 rings (SSSR count). The van der Waals surface area contributed by atoms with Crippen molar-refractivity contribution in [1.29, 1.82) is 0 Å². The van der Waals surface area contributed by atoms with E-state index in [-0.39, 0.29) is 5.91 Å². The summed E-state index contributed by atoms with van der Waals surface area (Å²) in [6, 6.07) is -0.713. The Morgan fingerprint density at radius 2 is 2.00 bits per heavy atom. The number of carbonyl (C=O) groups is 2. The molecule has 8 nitrogen and oxygen atoms in total. The third-order valence-electron chi connectivity index (χ3n) is 4.12. The van der Waals surface area contributed by atoms with Crippen molar-refractivity contribution in [1.82, 2.24) is 10.3 Å². The van der Waals surface area contributed by atoms with E-state index in [9.17, 15) is 9.59 Å². The standard InChI is InChI=1S/C15H20N4O4/c1-9-12-10(17-18-15(16)21)3-2-4-11(12)23-13(9)14(20)19-5-7-22-8-6-19/h2-8H2,1H3,(H3,16,18,21)/b17-10+. The summed E-state index contributed by atoms with van der Waals surface area (Å²) in [6.07, 6.45) is 2.31. The normalized spacial score (nSPS) is 19.5. The number of rotatable bonds is 2. The van der Waals surface area contributed by atoms with Gasteiger partial charge < -0.3 is 19.8 Å². The van der Waals surface area contributed by atoms with Gasteiger partial charge >= 0.3 is 6.03 Å². The molecule has 1 aliphatic heterocycles. The van der Waals surface area contributed by atoms with E-state index in [0.29, 0.717) is 44.2 Å². The number of nitrogens with two attached hydrogens (primary N) is 1. The van der Waals surface area contributed by atoms with Crippen molar-refractivity contribution in [2.45, 2.75) is 26.2 Å². The van der Waals surface area contributed by atoms with Gasteiger partial charge in [-0.15, -0.1) is 0 Å². The van der Waals surface area contributed by atoms with Crippen LogP contribution in [0, 0.1) is 6.92 Å². The molecule has 0 saturated carbocycles. The van der Waals surface area contributed by atoms with Crippen LogP contribution in [0.5, 0.6) is 0 Å². The van der Waals surface area contributed by atoms with Gasteiger partial charge in [-0.3, -0.25) is 4.79 Å². The lowest BCUT2D eigenvalue weighted by Crippen LogP contribution is -2.40. The number of carbonyl (C=O) groups excluding carboxylic acids is 2. The number of primary amides is 1. The number of ether oxygens (including phenoxy) is 1. The minimum Gasteiger partial charge on any atom is -0.455 e. The maximum absolute atomic E-state index is 12.7. The Hall–Kier alpha value is -2.35. The zero-order valence-electron chi connectivity index (χ0n) is 13.1. The summed E-state index contributed by atoms with van der Waals surface area (Å²) in [5.74, 6) is 0.975. The summed E-state index contributed by atoms with van der Waals surface area (Å²) in [7, 11) is 0. The van der Waals surface area contributed by atoms with Crippen molar-refractivity contribution in [3.05, 3.63) is 22.6 Å². The fourth-order valence-corrected chi connectivity index (χ4v) is 3.02. The first-order valence-electron chi connectivity index (χ1n) is 7.69. The second-order valence-corrected chi connectivity index (χ2v) is 5.65. The highest BCUT2D eigenvalue weighted by molar-refractivity contribution is 6.06. The van der Waals surface area contributed by atoms with Gasteiger partial charge in [0, 0.05) is 30.6 Å². The maximum Gasteiger partial charge on any atom is 0.332 e. The van der Waals surface area contributed by atoms with E-state index >= 15 is 0 Å². The number of nitrogens with one attached hydrogen (secondary N) is 1. The van der Waals surface area contributed by atoms with Crippen molar-refractivity contribution < 1.29 is 18.7 Å². The Morgan fingerprint density at radius 3 is 2.70 bits per heavy atom. The number of amides is 3. The lowest BCUT2D eigenvalue weighted by molar-refractivity contribution is 0.0281. The molecule has 2 heterocycles. The monoisotopic (exact) mass is 320 g/mol. The summed E-state index contributed by atoms with van der Waals surface area (Å²) in [6.45, 7) is 4.06. The van der Waals surface area contributed by atoms with Gasteiger partial charge in [0.2, 0.25) is 0 Å². The average Bonchev–Trinajstić information content (AvgIpc) is 2.90. The summed E-state index contributed by atoms with van der Waals surface area (Å²) in [4.78, 5) is 25.3. The van der Waals surface area contributed by atoms with Crippen LogP contribution >= 0.6 is 0 Å². The number of fused-ring (bicyclic) bond motifs is 1. The van der Waals surface area contributed by atoms with E-state index < -0.39 is 6.03 Å². The van der Waals surface area contributed by atoms with Crippen LogP contribution in [-0.2, 0) is 11.2 Å².